The number of benzene rings is 2. The van der Waals surface area contributed by atoms with Gasteiger partial charge in [0.05, 0.1) is 28.4 Å². The highest BCUT2D eigenvalue weighted by Gasteiger charge is 2.26. The van der Waals surface area contributed by atoms with Crippen LogP contribution in [0.5, 0.6) is 5.75 Å². The van der Waals surface area contributed by atoms with Crippen molar-refractivity contribution in [2.75, 3.05) is 24.5 Å². The summed E-state index contributed by atoms with van der Waals surface area (Å²) in [6, 6.07) is 8.82. The van der Waals surface area contributed by atoms with E-state index in [9.17, 15) is 5.11 Å². The summed E-state index contributed by atoms with van der Waals surface area (Å²) in [5.74, 6) is 1.12. The van der Waals surface area contributed by atoms with Crippen molar-refractivity contribution >= 4 is 27.6 Å². The summed E-state index contributed by atoms with van der Waals surface area (Å²) < 4.78 is 1.76. The van der Waals surface area contributed by atoms with E-state index in [1.54, 1.807) is 10.9 Å². The number of nitrogens with zero attached hydrogens (tertiary/aromatic N) is 5. The molecule has 2 aromatic carbocycles. The van der Waals surface area contributed by atoms with Crippen LogP contribution < -0.4 is 10.2 Å². The first kappa shape index (κ1) is 19.5. The Morgan fingerprint density at radius 2 is 2.03 bits per heavy atom. The van der Waals surface area contributed by atoms with E-state index < -0.39 is 0 Å². The summed E-state index contributed by atoms with van der Waals surface area (Å²) in [6.07, 6.45) is 7.68. The smallest absolute Gasteiger partial charge is 0.130 e. The van der Waals surface area contributed by atoms with Crippen molar-refractivity contribution in [2.45, 2.75) is 32.2 Å². The van der Waals surface area contributed by atoms with E-state index in [1.807, 2.05) is 32.3 Å². The van der Waals surface area contributed by atoms with Gasteiger partial charge >= 0.3 is 0 Å². The van der Waals surface area contributed by atoms with Crippen LogP contribution >= 0.6 is 0 Å². The molecule has 32 heavy (non-hydrogen) atoms. The molecule has 1 aliphatic carbocycles. The zero-order valence-electron chi connectivity index (χ0n) is 18.5. The molecule has 0 radical (unpaired) electrons. The Hall–Kier alpha value is -3.19. The zero-order chi connectivity index (χ0) is 21.8. The summed E-state index contributed by atoms with van der Waals surface area (Å²) in [6.45, 7) is 5.17. The topological polar surface area (TPSA) is 79.1 Å². The van der Waals surface area contributed by atoms with Crippen LogP contribution in [0.4, 0.5) is 5.69 Å². The van der Waals surface area contributed by atoms with Crippen molar-refractivity contribution in [3.8, 4) is 17.0 Å². The molecule has 2 aromatic heterocycles. The van der Waals surface area contributed by atoms with E-state index in [4.69, 9.17) is 9.97 Å². The lowest BCUT2D eigenvalue weighted by atomic mass is 10.0. The molecular weight excluding hydrogens is 400 g/mol. The molecular formula is C25H28N6O. The highest BCUT2D eigenvalue weighted by Crippen LogP contribution is 2.36. The quantitative estimate of drug-likeness (QED) is 0.504. The summed E-state index contributed by atoms with van der Waals surface area (Å²) in [5.41, 5.74) is 5.83. The molecule has 164 valence electrons. The second kappa shape index (κ2) is 7.45. The molecule has 7 nitrogen and oxygen atoms in total. The fourth-order valence-electron chi connectivity index (χ4n) is 4.78. The molecule has 0 bridgehead atoms. The Morgan fingerprint density at radius 1 is 1.16 bits per heavy atom. The highest BCUT2D eigenvalue weighted by atomic mass is 16.3. The molecule has 1 aliphatic heterocycles. The minimum absolute atomic E-state index is 0.211. The fourth-order valence-corrected chi connectivity index (χ4v) is 4.78. The number of aryl methyl sites for hydroxylation is 2. The first-order valence-corrected chi connectivity index (χ1v) is 11.5. The van der Waals surface area contributed by atoms with Crippen LogP contribution in [0.25, 0.3) is 33.2 Å². The highest BCUT2D eigenvalue weighted by molar-refractivity contribution is 5.91. The monoisotopic (exact) mass is 428 g/mol. The lowest BCUT2D eigenvalue weighted by Crippen LogP contribution is -2.33. The predicted molar refractivity (Wildman–Crippen MR) is 127 cm³/mol. The van der Waals surface area contributed by atoms with Gasteiger partial charge in [-0.1, -0.05) is 0 Å². The van der Waals surface area contributed by atoms with Crippen LogP contribution in [-0.2, 0) is 7.05 Å². The van der Waals surface area contributed by atoms with Gasteiger partial charge in [-0.05, 0) is 62.9 Å². The number of rotatable bonds is 5. The van der Waals surface area contributed by atoms with Crippen molar-refractivity contribution in [1.29, 1.82) is 0 Å². The van der Waals surface area contributed by atoms with E-state index in [0.717, 1.165) is 46.5 Å². The van der Waals surface area contributed by atoms with Crippen LogP contribution in [0.3, 0.4) is 0 Å². The van der Waals surface area contributed by atoms with Crippen LogP contribution in [-0.4, -0.2) is 50.5 Å². The van der Waals surface area contributed by atoms with Crippen LogP contribution in [0.15, 0.2) is 36.7 Å². The van der Waals surface area contributed by atoms with E-state index in [1.165, 1.54) is 31.5 Å². The summed E-state index contributed by atoms with van der Waals surface area (Å²) in [5, 5.41) is 20.0. The van der Waals surface area contributed by atoms with Gasteiger partial charge in [-0.25, -0.2) is 4.98 Å². The first-order valence-electron chi connectivity index (χ1n) is 11.5. The molecule has 2 fully saturated rings. The Morgan fingerprint density at radius 3 is 2.88 bits per heavy atom. The number of aromatic hydroxyl groups is 1. The van der Waals surface area contributed by atoms with E-state index in [0.29, 0.717) is 17.3 Å². The van der Waals surface area contributed by atoms with Gasteiger partial charge in [0.1, 0.15) is 5.75 Å². The number of phenols is 1. The van der Waals surface area contributed by atoms with Crippen LogP contribution in [0, 0.1) is 12.8 Å². The number of nitrogens with one attached hydrogen (secondary N) is 1. The molecule has 2 aliphatic rings. The third kappa shape index (κ3) is 3.46. The lowest BCUT2D eigenvalue weighted by molar-refractivity contribution is 0.474. The third-order valence-corrected chi connectivity index (χ3v) is 6.87. The van der Waals surface area contributed by atoms with Gasteiger partial charge < -0.3 is 15.3 Å². The van der Waals surface area contributed by atoms with Gasteiger partial charge in [-0.2, -0.15) is 5.10 Å². The van der Waals surface area contributed by atoms with Gasteiger partial charge in [-0.15, -0.1) is 0 Å². The first-order chi connectivity index (χ1) is 15.5. The molecule has 3 heterocycles. The largest absolute Gasteiger partial charge is 0.507 e. The summed E-state index contributed by atoms with van der Waals surface area (Å²) in [7, 11) is 1.88. The summed E-state index contributed by atoms with van der Waals surface area (Å²) in [4.78, 5) is 12.0. The van der Waals surface area contributed by atoms with Crippen molar-refractivity contribution in [3.63, 3.8) is 0 Å². The van der Waals surface area contributed by atoms with E-state index in [2.05, 4.69) is 27.4 Å². The van der Waals surface area contributed by atoms with E-state index >= 15 is 0 Å². The maximum absolute atomic E-state index is 10.8. The maximum atomic E-state index is 10.8. The average molecular weight is 429 g/mol. The number of aromatic nitrogens is 4. The Balaban J connectivity index is 1.28. The van der Waals surface area contributed by atoms with Gasteiger partial charge in [0.2, 0.25) is 0 Å². The molecule has 0 spiro atoms. The van der Waals surface area contributed by atoms with Gasteiger partial charge in [0, 0.05) is 54.6 Å². The van der Waals surface area contributed by atoms with Crippen molar-refractivity contribution in [2.24, 2.45) is 13.0 Å². The van der Waals surface area contributed by atoms with Gasteiger partial charge in [0.15, 0.2) is 0 Å². The Kier molecular flexibility index (Phi) is 4.54. The van der Waals surface area contributed by atoms with Gasteiger partial charge in [0.25, 0.3) is 0 Å². The fraction of sp³-hybridized carbons (Fsp3) is 0.400. The average Bonchev–Trinajstić information content (AvgIpc) is 3.37. The molecule has 6 rings (SSSR count). The van der Waals surface area contributed by atoms with Crippen molar-refractivity contribution < 1.29 is 5.11 Å². The molecule has 1 saturated carbocycles. The molecule has 2 N–H and O–H groups in total. The molecule has 1 saturated heterocycles. The minimum Gasteiger partial charge on any atom is -0.507 e. The van der Waals surface area contributed by atoms with Crippen LogP contribution in [0.1, 0.15) is 24.8 Å². The SMILES string of the molecule is Cc1c(O)c(-c2cnc3cc(N4CC[C@@H](NCC5CC5)C4)ccc3n2)cc2cn(C)nc12. The number of fused-ring (bicyclic) bond motifs is 2. The van der Waals surface area contributed by atoms with Crippen molar-refractivity contribution in [1.82, 2.24) is 25.1 Å². The summed E-state index contributed by atoms with van der Waals surface area (Å²) >= 11 is 0. The molecule has 4 aromatic rings. The molecule has 1 atom stereocenters. The number of anilines is 1. The van der Waals surface area contributed by atoms with Gasteiger partial charge in [-0.3, -0.25) is 9.67 Å². The second-order valence-electron chi connectivity index (χ2n) is 9.35. The second-order valence-corrected chi connectivity index (χ2v) is 9.35. The number of hydrogen-bond donors (Lipinski definition) is 2. The third-order valence-electron chi connectivity index (χ3n) is 6.87. The van der Waals surface area contributed by atoms with E-state index in [-0.39, 0.29) is 5.75 Å². The van der Waals surface area contributed by atoms with Crippen molar-refractivity contribution in [3.05, 3.63) is 42.2 Å². The predicted octanol–water partition coefficient (Wildman–Crippen LogP) is 3.78. The minimum atomic E-state index is 0.211. The number of phenolic OH excluding ortho intramolecular Hbond substituents is 1. The Labute approximate surface area is 187 Å². The normalized spacial score (nSPS) is 18.8. The number of hydrogen-bond acceptors (Lipinski definition) is 6. The standard InChI is InChI=1S/C25H28N6O/c1-15-24-17(13-30(2)29-24)9-20(25(15)32)23-12-27-22-10-19(5-6-21(22)28-23)31-8-7-18(14-31)26-11-16-3-4-16/h5-6,9-10,12-13,16,18,26,32H,3-4,7-8,11,14H2,1-2H3/t18-/m1/s1. The molecule has 0 unspecified atom stereocenters. The maximum Gasteiger partial charge on any atom is 0.130 e. The van der Waals surface area contributed by atoms with Crippen LogP contribution in [0.2, 0.25) is 0 Å². The zero-order valence-corrected chi connectivity index (χ0v) is 18.5. The molecule has 0 amide bonds. The Bertz CT molecular complexity index is 1330. The lowest BCUT2D eigenvalue weighted by Gasteiger charge is -2.19. The molecule has 7 heteroatoms.